The van der Waals surface area contributed by atoms with E-state index in [-0.39, 0.29) is 18.3 Å². The molecule has 0 saturated heterocycles. The smallest absolute Gasteiger partial charge is 0.251 e. The molecular weight excluding hydrogens is 326 g/mol. The first-order valence-electron chi connectivity index (χ1n) is 6.76. The summed E-state index contributed by atoms with van der Waals surface area (Å²) in [6.45, 7) is 4.47. The highest BCUT2D eigenvalue weighted by atomic mass is 35.5. The number of nitrogens with two attached hydrogens (primary N) is 1. The molecule has 22 heavy (non-hydrogen) atoms. The van der Waals surface area contributed by atoms with Crippen molar-refractivity contribution in [1.82, 2.24) is 5.32 Å². The molecule has 0 fully saturated rings. The van der Waals surface area contributed by atoms with Gasteiger partial charge in [-0.15, -0.1) is 12.4 Å². The fraction of sp³-hybridized carbons (Fsp3) is 0.500. The predicted octanol–water partition coefficient (Wildman–Crippen LogP) is 0.898. The summed E-state index contributed by atoms with van der Waals surface area (Å²) in [5.74, 6) is -0.200. The number of hydrogen-bond donors (Lipinski definition) is 2. The summed E-state index contributed by atoms with van der Waals surface area (Å²) in [4.78, 5) is 12.1. The Morgan fingerprint density at radius 3 is 2.59 bits per heavy atom. The molecule has 0 radical (unpaired) electrons. The minimum absolute atomic E-state index is 0. The summed E-state index contributed by atoms with van der Waals surface area (Å²) in [5, 5.41) is 2.78. The standard InChI is InChI=1S/C14H21N3O3S.ClH/c1-14(2,15)9-16-13(18)11-4-5-12-10(8-11)6-7-17(12)21(3,19)20;/h4-5,8H,6-7,9,15H2,1-3H3,(H,16,18);1H. The van der Waals surface area contributed by atoms with Crippen LogP contribution in [-0.2, 0) is 16.4 Å². The third-order valence-electron chi connectivity index (χ3n) is 3.30. The topological polar surface area (TPSA) is 92.5 Å². The molecule has 1 aliphatic heterocycles. The Labute approximate surface area is 137 Å². The summed E-state index contributed by atoms with van der Waals surface area (Å²) in [7, 11) is -3.26. The van der Waals surface area contributed by atoms with Crippen LogP contribution in [-0.4, -0.2) is 39.2 Å². The van der Waals surface area contributed by atoms with Gasteiger partial charge in [0.25, 0.3) is 5.91 Å². The van der Waals surface area contributed by atoms with Crippen molar-refractivity contribution in [3.05, 3.63) is 29.3 Å². The average Bonchev–Trinajstić information content (AvgIpc) is 2.77. The number of rotatable bonds is 4. The summed E-state index contributed by atoms with van der Waals surface area (Å²) in [6.07, 6.45) is 1.80. The number of carbonyl (C=O) groups is 1. The van der Waals surface area contributed by atoms with Gasteiger partial charge in [-0.05, 0) is 44.0 Å². The van der Waals surface area contributed by atoms with Gasteiger partial charge >= 0.3 is 0 Å². The Balaban J connectivity index is 0.00000242. The maximum atomic E-state index is 12.1. The number of nitrogens with one attached hydrogen (secondary N) is 1. The van der Waals surface area contributed by atoms with Crippen LogP contribution in [0.1, 0.15) is 29.8 Å². The number of sulfonamides is 1. The number of amides is 1. The van der Waals surface area contributed by atoms with Crippen molar-refractivity contribution in [2.75, 3.05) is 23.7 Å². The summed E-state index contributed by atoms with van der Waals surface area (Å²) in [6, 6.07) is 5.08. The molecule has 8 heteroatoms. The van der Waals surface area contributed by atoms with Crippen LogP contribution < -0.4 is 15.4 Å². The summed E-state index contributed by atoms with van der Waals surface area (Å²) < 4.78 is 24.7. The molecule has 0 aromatic heterocycles. The normalized spacial score (nSPS) is 14.3. The molecule has 6 nitrogen and oxygen atoms in total. The van der Waals surface area contributed by atoms with Crippen molar-refractivity contribution in [1.29, 1.82) is 0 Å². The minimum atomic E-state index is -3.26. The summed E-state index contributed by atoms with van der Waals surface area (Å²) >= 11 is 0. The van der Waals surface area contributed by atoms with Crippen molar-refractivity contribution in [2.24, 2.45) is 5.73 Å². The van der Waals surface area contributed by atoms with Crippen LogP contribution in [0, 0.1) is 0 Å². The van der Waals surface area contributed by atoms with Gasteiger partial charge < -0.3 is 11.1 Å². The SMILES string of the molecule is CC(C)(N)CNC(=O)c1ccc2c(c1)CCN2S(C)(=O)=O.Cl. The van der Waals surface area contributed by atoms with Gasteiger partial charge in [0.2, 0.25) is 10.0 Å². The molecule has 0 aliphatic carbocycles. The fourth-order valence-electron chi connectivity index (χ4n) is 2.27. The van der Waals surface area contributed by atoms with Crippen molar-refractivity contribution in [3.8, 4) is 0 Å². The lowest BCUT2D eigenvalue weighted by Crippen LogP contribution is -2.45. The molecule has 0 unspecified atom stereocenters. The molecular formula is C14H22ClN3O3S. The number of halogens is 1. The third kappa shape index (κ3) is 4.34. The van der Waals surface area contributed by atoms with Crippen LogP contribution >= 0.6 is 12.4 Å². The van der Waals surface area contributed by atoms with E-state index >= 15 is 0 Å². The second-order valence-corrected chi connectivity index (χ2v) is 8.01. The van der Waals surface area contributed by atoms with Crippen LogP contribution in [0.4, 0.5) is 5.69 Å². The highest BCUT2D eigenvalue weighted by molar-refractivity contribution is 7.92. The van der Waals surface area contributed by atoms with Crippen LogP contribution in [0.15, 0.2) is 18.2 Å². The number of fused-ring (bicyclic) bond motifs is 1. The molecule has 1 aromatic rings. The van der Waals surface area contributed by atoms with E-state index in [1.54, 1.807) is 18.2 Å². The van der Waals surface area contributed by atoms with Gasteiger partial charge in [-0.3, -0.25) is 9.10 Å². The first-order chi connectivity index (χ1) is 9.58. The van der Waals surface area contributed by atoms with Gasteiger partial charge in [0.05, 0.1) is 11.9 Å². The molecule has 0 atom stereocenters. The molecule has 0 bridgehead atoms. The van der Waals surface area contributed by atoms with Gasteiger partial charge in [-0.2, -0.15) is 0 Å². The van der Waals surface area contributed by atoms with Crippen molar-refractivity contribution >= 4 is 34.0 Å². The molecule has 1 aliphatic rings. The molecule has 2 rings (SSSR count). The molecule has 0 saturated carbocycles. The van der Waals surface area contributed by atoms with Gasteiger partial charge in [0, 0.05) is 24.2 Å². The highest BCUT2D eigenvalue weighted by Crippen LogP contribution is 2.30. The first-order valence-corrected chi connectivity index (χ1v) is 8.60. The van der Waals surface area contributed by atoms with Crippen LogP contribution in [0.2, 0.25) is 0 Å². The molecule has 1 heterocycles. The lowest BCUT2D eigenvalue weighted by molar-refractivity contribution is 0.0946. The number of anilines is 1. The van der Waals surface area contributed by atoms with Crippen LogP contribution in [0.5, 0.6) is 0 Å². The van der Waals surface area contributed by atoms with Crippen molar-refractivity contribution in [3.63, 3.8) is 0 Å². The molecule has 0 spiro atoms. The number of carbonyl (C=O) groups excluding carboxylic acids is 1. The maximum Gasteiger partial charge on any atom is 0.251 e. The third-order valence-corrected chi connectivity index (χ3v) is 4.48. The van der Waals surface area contributed by atoms with Gasteiger partial charge in [0.15, 0.2) is 0 Å². The zero-order valence-corrected chi connectivity index (χ0v) is 14.6. The van der Waals surface area contributed by atoms with Crippen molar-refractivity contribution < 1.29 is 13.2 Å². The Hall–Kier alpha value is -1.31. The zero-order valence-electron chi connectivity index (χ0n) is 12.9. The van der Waals surface area contributed by atoms with E-state index < -0.39 is 15.6 Å². The van der Waals surface area contributed by atoms with E-state index in [2.05, 4.69) is 5.32 Å². The Morgan fingerprint density at radius 1 is 1.41 bits per heavy atom. The molecule has 124 valence electrons. The molecule has 1 aromatic carbocycles. The van der Waals surface area contributed by atoms with E-state index in [0.29, 0.717) is 30.8 Å². The average molecular weight is 348 g/mol. The summed E-state index contributed by atoms with van der Waals surface area (Å²) in [5.41, 5.74) is 7.41. The Bertz CT molecular complexity index is 668. The zero-order chi connectivity index (χ0) is 15.8. The van der Waals surface area contributed by atoms with Crippen LogP contribution in [0.25, 0.3) is 0 Å². The number of hydrogen-bond acceptors (Lipinski definition) is 4. The minimum Gasteiger partial charge on any atom is -0.350 e. The van der Waals surface area contributed by atoms with E-state index in [1.807, 2.05) is 13.8 Å². The fourth-order valence-corrected chi connectivity index (χ4v) is 3.23. The second kappa shape index (κ2) is 6.44. The Morgan fingerprint density at radius 2 is 2.05 bits per heavy atom. The van der Waals surface area contributed by atoms with E-state index in [4.69, 9.17) is 5.73 Å². The highest BCUT2D eigenvalue weighted by Gasteiger charge is 2.26. The second-order valence-electron chi connectivity index (χ2n) is 6.10. The van der Waals surface area contributed by atoms with E-state index in [0.717, 1.165) is 5.56 Å². The van der Waals surface area contributed by atoms with Gasteiger partial charge in [0.1, 0.15) is 0 Å². The quantitative estimate of drug-likeness (QED) is 0.846. The van der Waals surface area contributed by atoms with Crippen LogP contribution in [0.3, 0.4) is 0 Å². The molecule has 1 amide bonds. The van der Waals surface area contributed by atoms with Gasteiger partial charge in [-0.25, -0.2) is 8.42 Å². The maximum absolute atomic E-state index is 12.1. The predicted molar refractivity (Wildman–Crippen MR) is 90.2 cm³/mol. The van der Waals surface area contributed by atoms with E-state index in [9.17, 15) is 13.2 Å². The largest absolute Gasteiger partial charge is 0.350 e. The first kappa shape index (κ1) is 18.7. The number of benzene rings is 1. The lowest BCUT2D eigenvalue weighted by atomic mass is 10.1. The monoisotopic (exact) mass is 347 g/mol. The molecule has 3 N–H and O–H groups in total. The van der Waals surface area contributed by atoms with Gasteiger partial charge in [-0.1, -0.05) is 0 Å². The Kier molecular flexibility index (Phi) is 5.48. The lowest BCUT2D eigenvalue weighted by Gasteiger charge is -2.19. The van der Waals surface area contributed by atoms with Crippen molar-refractivity contribution in [2.45, 2.75) is 25.8 Å². The van der Waals surface area contributed by atoms with E-state index in [1.165, 1.54) is 10.6 Å². The number of nitrogens with zero attached hydrogens (tertiary/aromatic N) is 1.